The Kier molecular flexibility index (Phi) is 5.94. The highest BCUT2D eigenvalue weighted by atomic mass is 79.9. The Bertz CT molecular complexity index is 910. The average Bonchev–Trinajstić information content (AvgIpc) is 2.62. The van der Waals surface area contributed by atoms with Crippen molar-refractivity contribution in [2.24, 2.45) is 0 Å². The largest absolute Gasteiger partial charge is 0.489 e. The summed E-state index contributed by atoms with van der Waals surface area (Å²) in [5.74, 6) is 0.536. The monoisotopic (exact) mass is 413 g/mol. The number of anilines is 1. The molecule has 0 atom stereocenters. The van der Waals surface area contributed by atoms with E-state index in [1.54, 1.807) is 6.07 Å². The summed E-state index contributed by atoms with van der Waals surface area (Å²) < 4.78 is 20.3. The number of hydrogen-bond donors (Lipinski definition) is 1. The minimum atomic E-state index is -0.251. The molecule has 0 aromatic heterocycles. The van der Waals surface area contributed by atoms with Crippen LogP contribution in [0, 0.1) is 19.7 Å². The molecule has 0 saturated heterocycles. The molecule has 26 heavy (non-hydrogen) atoms. The summed E-state index contributed by atoms with van der Waals surface area (Å²) in [6, 6.07) is 18.8. The van der Waals surface area contributed by atoms with Gasteiger partial charge in [-0.2, -0.15) is 0 Å². The quantitative estimate of drug-likeness (QED) is 0.504. The van der Waals surface area contributed by atoms with Gasteiger partial charge in [0, 0.05) is 22.3 Å². The number of hydrogen-bond acceptors (Lipinski definition) is 2. The summed E-state index contributed by atoms with van der Waals surface area (Å²) in [4.78, 5) is 0. The van der Waals surface area contributed by atoms with Crippen LogP contribution in [-0.2, 0) is 13.2 Å². The highest BCUT2D eigenvalue weighted by Crippen LogP contribution is 2.26. The van der Waals surface area contributed by atoms with E-state index in [2.05, 4.69) is 53.3 Å². The molecule has 0 aliphatic carbocycles. The first kappa shape index (κ1) is 18.5. The van der Waals surface area contributed by atoms with Crippen molar-refractivity contribution in [3.8, 4) is 5.75 Å². The van der Waals surface area contributed by atoms with Crippen LogP contribution in [0.1, 0.15) is 22.3 Å². The first-order valence-corrected chi connectivity index (χ1v) is 9.27. The summed E-state index contributed by atoms with van der Waals surface area (Å²) in [7, 11) is 0. The minimum Gasteiger partial charge on any atom is -0.489 e. The van der Waals surface area contributed by atoms with E-state index >= 15 is 0 Å². The highest BCUT2D eigenvalue weighted by Gasteiger charge is 2.07. The molecule has 1 N–H and O–H groups in total. The first-order valence-electron chi connectivity index (χ1n) is 8.48. The molecular formula is C22H21BrFNO. The summed E-state index contributed by atoms with van der Waals surface area (Å²) in [6.07, 6.45) is 0. The zero-order chi connectivity index (χ0) is 18.5. The summed E-state index contributed by atoms with van der Waals surface area (Å²) in [5.41, 5.74) is 5.38. The Morgan fingerprint density at radius 3 is 2.65 bits per heavy atom. The van der Waals surface area contributed by atoms with Crippen LogP contribution in [0.25, 0.3) is 0 Å². The topological polar surface area (TPSA) is 21.3 Å². The molecule has 3 aromatic carbocycles. The van der Waals surface area contributed by atoms with Gasteiger partial charge in [0.25, 0.3) is 0 Å². The van der Waals surface area contributed by atoms with E-state index in [-0.39, 0.29) is 5.82 Å². The first-order chi connectivity index (χ1) is 12.5. The second kappa shape index (κ2) is 8.37. The van der Waals surface area contributed by atoms with Crippen LogP contribution in [0.5, 0.6) is 5.75 Å². The van der Waals surface area contributed by atoms with Gasteiger partial charge in [-0.1, -0.05) is 40.2 Å². The lowest BCUT2D eigenvalue weighted by molar-refractivity contribution is 0.302. The van der Waals surface area contributed by atoms with E-state index in [0.29, 0.717) is 13.2 Å². The van der Waals surface area contributed by atoms with Gasteiger partial charge >= 0.3 is 0 Å². The maximum atomic E-state index is 13.3. The average molecular weight is 414 g/mol. The lowest BCUT2D eigenvalue weighted by atomic mass is 10.1. The van der Waals surface area contributed by atoms with Crippen LogP contribution in [0.4, 0.5) is 10.1 Å². The smallest absolute Gasteiger partial charge is 0.124 e. The van der Waals surface area contributed by atoms with E-state index in [4.69, 9.17) is 4.74 Å². The minimum absolute atomic E-state index is 0.251. The molecule has 0 aliphatic rings. The Morgan fingerprint density at radius 2 is 1.85 bits per heavy atom. The van der Waals surface area contributed by atoms with Gasteiger partial charge in [0.05, 0.1) is 0 Å². The Morgan fingerprint density at radius 1 is 1.00 bits per heavy atom. The third-order valence-corrected chi connectivity index (χ3v) is 4.66. The molecule has 0 saturated carbocycles. The van der Waals surface area contributed by atoms with E-state index in [9.17, 15) is 4.39 Å². The lowest BCUT2D eigenvalue weighted by Gasteiger charge is -2.15. The summed E-state index contributed by atoms with van der Waals surface area (Å²) in [6.45, 7) is 5.14. The van der Waals surface area contributed by atoms with Gasteiger partial charge in [-0.25, -0.2) is 4.39 Å². The predicted molar refractivity (Wildman–Crippen MR) is 108 cm³/mol. The van der Waals surface area contributed by atoms with E-state index < -0.39 is 0 Å². The van der Waals surface area contributed by atoms with E-state index in [1.807, 2.05) is 24.3 Å². The fourth-order valence-electron chi connectivity index (χ4n) is 2.73. The van der Waals surface area contributed by atoms with Gasteiger partial charge in [0.1, 0.15) is 18.2 Å². The molecule has 3 rings (SSSR count). The summed E-state index contributed by atoms with van der Waals surface area (Å²) in [5, 5.41) is 3.48. The zero-order valence-electron chi connectivity index (χ0n) is 14.9. The van der Waals surface area contributed by atoms with Crippen LogP contribution in [0.15, 0.2) is 65.1 Å². The molecule has 2 nitrogen and oxygen atoms in total. The molecule has 0 bridgehead atoms. The predicted octanol–water partition coefficient (Wildman–Crippen LogP) is 6.40. The van der Waals surface area contributed by atoms with Crippen molar-refractivity contribution < 1.29 is 9.13 Å². The van der Waals surface area contributed by atoms with Crippen molar-refractivity contribution in [1.82, 2.24) is 0 Å². The van der Waals surface area contributed by atoms with Crippen molar-refractivity contribution >= 4 is 21.6 Å². The second-order valence-electron chi connectivity index (χ2n) is 6.34. The standard InChI is InChI=1S/C22H21BrFNO/c1-15-6-7-16(2)21(10-15)25-13-18-12-19(23)8-9-22(18)26-14-17-4-3-5-20(24)11-17/h3-12,25H,13-14H2,1-2H3. The second-order valence-corrected chi connectivity index (χ2v) is 7.26. The molecule has 0 aliphatic heterocycles. The molecule has 0 amide bonds. The van der Waals surface area contributed by atoms with Crippen LogP contribution >= 0.6 is 15.9 Å². The van der Waals surface area contributed by atoms with Gasteiger partial charge in [-0.3, -0.25) is 0 Å². The molecule has 0 fully saturated rings. The molecule has 0 radical (unpaired) electrons. The number of rotatable bonds is 6. The fourth-order valence-corrected chi connectivity index (χ4v) is 3.14. The maximum Gasteiger partial charge on any atom is 0.124 e. The van der Waals surface area contributed by atoms with Crippen molar-refractivity contribution in [2.45, 2.75) is 27.0 Å². The molecule has 0 heterocycles. The third-order valence-electron chi connectivity index (χ3n) is 4.17. The van der Waals surface area contributed by atoms with Crippen molar-refractivity contribution in [2.75, 3.05) is 5.32 Å². The number of halogens is 2. The Balaban J connectivity index is 1.74. The van der Waals surface area contributed by atoms with E-state index in [0.717, 1.165) is 27.0 Å². The normalized spacial score (nSPS) is 10.6. The zero-order valence-corrected chi connectivity index (χ0v) is 16.4. The number of nitrogens with one attached hydrogen (secondary N) is 1. The van der Waals surface area contributed by atoms with Crippen molar-refractivity contribution in [3.63, 3.8) is 0 Å². The van der Waals surface area contributed by atoms with Crippen LogP contribution in [0.2, 0.25) is 0 Å². The highest BCUT2D eigenvalue weighted by molar-refractivity contribution is 9.10. The van der Waals surface area contributed by atoms with Crippen LogP contribution < -0.4 is 10.1 Å². The van der Waals surface area contributed by atoms with E-state index in [1.165, 1.54) is 23.3 Å². The molecule has 134 valence electrons. The Hall–Kier alpha value is -2.33. The van der Waals surface area contributed by atoms with Crippen molar-refractivity contribution in [1.29, 1.82) is 0 Å². The molecular weight excluding hydrogens is 393 g/mol. The third kappa shape index (κ3) is 4.85. The van der Waals surface area contributed by atoms with Gasteiger partial charge in [-0.15, -0.1) is 0 Å². The Labute approximate surface area is 162 Å². The van der Waals surface area contributed by atoms with Gasteiger partial charge in [-0.05, 0) is 66.9 Å². The molecule has 0 spiro atoms. The molecule has 0 unspecified atom stereocenters. The van der Waals surface area contributed by atoms with Gasteiger partial charge in [0.15, 0.2) is 0 Å². The van der Waals surface area contributed by atoms with Gasteiger partial charge in [0.2, 0.25) is 0 Å². The molecule has 3 aromatic rings. The maximum absolute atomic E-state index is 13.3. The summed E-state index contributed by atoms with van der Waals surface area (Å²) >= 11 is 3.52. The molecule has 4 heteroatoms. The SMILES string of the molecule is Cc1ccc(C)c(NCc2cc(Br)ccc2OCc2cccc(F)c2)c1. The van der Waals surface area contributed by atoms with Crippen LogP contribution in [0.3, 0.4) is 0 Å². The number of aryl methyl sites for hydroxylation is 2. The van der Waals surface area contributed by atoms with Gasteiger partial charge < -0.3 is 10.1 Å². The van der Waals surface area contributed by atoms with Crippen molar-refractivity contribution in [3.05, 3.63) is 93.2 Å². The number of ether oxygens (including phenoxy) is 1. The fraction of sp³-hybridized carbons (Fsp3) is 0.182. The number of benzene rings is 3. The lowest BCUT2D eigenvalue weighted by Crippen LogP contribution is -2.05. The van der Waals surface area contributed by atoms with Crippen LogP contribution in [-0.4, -0.2) is 0 Å².